The molecule has 0 fully saturated rings. The van der Waals surface area contributed by atoms with Crippen LogP contribution in [0.5, 0.6) is 0 Å². The fourth-order valence-corrected chi connectivity index (χ4v) is 1.72. The van der Waals surface area contributed by atoms with E-state index in [-0.39, 0.29) is 0 Å². The van der Waals surface area contributed by atoms with E-state index < -0.39 is 0 Å². The number of aromatic nitrogens is 2. The van der Waals surface area contributed by atoms with Crippen LogP contribution in [0.3, 0.4) is 0 Å². The Balaban J connectivity index is 2.45. The summed E-state index contributed by atoms with van der Waals surface area (Å²) in [7, 11) is 0. The van der Waals surface area contributed by atoms with Gasteiger partial charge in [0.25, 0.3) is 0 Å². The summed E-state index contributed by atoms with van der Waals surface area (Å²) in [6.45, 7) is 3.55. The van der Waals surface area contributed by atoms with Crippen molar-refractivity contribution in [2.45, 2.75) is 13.5 Å². The van der Waals surface area contributed by atoms with Gasteiger partial charge in [-0.2, -0.15) is 0 Å². The van der Waals surface area contributed by atoms with E-state index in [9.17, 15) is 0 Å². The van der Waals surface area contributed by atoms with Crippen LogP contribution in [0, 0.1) is 6.92 Å². The number of aryl methyl sites for hydroxylation is 1. The summed E-state index contributed by atoms with van der Waals surface area (Å²) in [6, 6.07) is 8.30. The molecular weight excluding hydrogens is 186 g/mol. The average molecular weight is 201 g/mol. The monoisotopic (exact) mass is 201 g/mol. The number of nitrogens with zero attached hydrogens (tertiary/aromatic N) is 2. The largest absolute Gasteiger partial charge is 0.329 e. The van der Waals surface area contributed by atoms with Crippen molar-refractivity contribution < 1.29 is 0 Å². The van der Waals surface area contributed by atoms with E-state index in [0.29, 0.717) is 6.54 Å². The van der Waals surface area contributed by atoms with Gasteiger partial charge in [-0.3, -0.25) is 0 Å². The van der Waals surface area contributed by atoms with Gasteiger partial charge in [-0.15, -0.1) is 0 Å². The second-order valence-electron chi connectivity index (χ2n) is 3.58. The van der Waals surface area contributed by atoms with Crippen LogP contribution in [-0.4, -0.2) is 16.1 Å². The molecule has 78 valence electrons. The Morgan fingerprint density at radius 2 is 2.13 bits per heavy atom. The molecule has 0 bridgehead atoms. The standard InChI is InChI=1S/C12H15N3/c1-10-4-2-3-5-11(10)12-8-14-9-15(12)7-6-13/h2-5,8-9H,6-7,13H2,1H3. The van der Waals surface area contributed by atoms with Crippen LogP contribution in [-0.2, 0) is 6.54 Å². The molecule has 0 spiro atoms. The van der Waals surface area contributed by atoms with E-state index >= 15 is 0 Å². The van der Waals surface area contributed by atoms with Crippen molar-refractivity contribution in [1.82, 2.24) is 9.55 Å². The molecule has 0 radical (unpaired) electrons. The fraction of sp³-hybridized carbons (Fsp3) is 0.250. The van der Waals surface area contributed by atoms with E-state index in [0.717, 1.165) is 12.2 Å². The Morgan fingerprint density at radius 1 is 1.33 bits per heavy atom. The van der Waals surface area contributed by atoms with Gasteiger partial charge in [-0.25, -0.2) is 4.98 Å². The zero-order valence-corrected chi connectivity index (χ0v) is 8.85. The van der Waals surface area contributed by atoms with Crippen LogP contribution in [0.1, 0.15) is 5.56 Å². The summed E-state index contributed by atoms with van der Waals surface area (Å²) in [5, 5.41) is 0. The average Bonchev–Trinajstić information content (AvgIpc) is 2.67. The first-order valence-corrected chi connectivity index (χ1v) is 5.09. The van der Waals surface area contributed by atoms with E-state index in [4.69, 9.17) is 5.73 Å². The van der Waals surface area contributed by atoms with Crippen LogP contribution < -0.4 is 5.73 Å². The van der Waals surface area contributed by atoms with Gasteiger partial charge in [0.05, 0.1) is 18.2 Å². The van der Waals surface area contributed by atoms with Gasteiger partial charge < -0.3 is 10.3 Å². The Kier molecular flexibility index (Phi) is 2.83. The van der Waals surface area contributed by atoms with E-state index in [1.807, 2.05) is 24.7 Å². The first kappa shape index (κ1) is 9.93. The van der Waals surface area contributed by atoms with Crippen LogP contribution in [0.25, 0.3) is 11.3 Å². The van der Waals surface area contributed by atoms with E-state index in [1.165, 1.54) is 11.1 Å². The molecule has 0 saturated carbocycles. The molecule has 2 N–H and O–H groups in total. The minimum absolute atomic E-state index is 0.634. The molecule has 3 heteroatoms. The zero-order valence-electron chi connectivity index (χ0n) is 8.85. The highest BCUT2D eigenvalue weighted by molar-refractivity contribution is 5.63. The second kappa shape index (κ2) is 4.28. The summed E-state index contributed by atoms with van der Waals surface area (Å²) < 4.78 is 2.09. The van der Waals surface area contributed by atoms with Gasteiger partial charge in [-0.1, -0.05) is 24.3 Å². The zero-order chi connectivity index (χ0) is 10.7. The fourth-order valence-electron chi connectivity index (χ4n) is 1.72. The molecule has 2 aromatic rings. The maximum atomic E-state index is 5.56. The molecule has 0 atom stereocenters. The van der Waals surface area contributed by atoms with Crippen LogP contribution in [0.15, 0.2) is 36.8 Å². The van der Waals surface area contributed by atoms with Gasteiger partial charge >= 0.3 is 0 Å². The SMILES string of the molecule is Cc1ccccc1-c1cncn1CCN. The maximum absolute atomic E-state index is 5.56. The minimum Gasteiger partial charge on any atom is -0.329 e. The van der Waals surface area contributed by atoms with Gasteiger partial charge in [0.1, 0.15) is 0 Å². The number of hydrogen-bond acceptors (Lipinski definition) is 2. The summed E-state index contributed by atoms with van der Waals surface area (Å²) in [4.78, 5) is 4.17. The van der Waals surface area contributed by atoms with Crippen molar-refractivity contribution in [3.63, 3.8) is 0 Å². The lowest BCUT2D eigenvalue weighted by Crippen LogP contribution is -2.10. The summed E-state index contributed by atoms with van der Waals surface area (Å²) in [6.07, 6.45) is 3.71. The van der Waals surface area contributed by atoms with Gasteiger partial charge in [0.2, 0.25) is 0 Å². The van der Waals surface area contributed by atoms with E-state index in [1.54, 1.807) is 0 Å². The predicted octanol–water partition coefficient (Wildman–Crippen LogP) is 1.82. The molecule has 0 unspecified atom stereocenters. The van der Waals surface area contributed by atoms with Gasteiger partial charge in [0.15, 0.2) is 0 Å². The molecular formula is C12H15N3. The molecule has 0 saturated heterocycles. The Hall–Kier alpha value is -1.61. The Bertz CT molecular complexity index is 446. The van der Waals surface area contributed by atoms with Crippen molar-refractivity contribution in [3.05, 3.63) is 42.4 Å². The molecule has 0 aliphatic carbocycles. The third-order valence-electron chi connectivity index (χ3n) is 2.50. The number of imidazole rings is 1. The van der Waals surface area contributed by atoms with Crippen LogP contribution in [0.4, 0.5) is 0 Å². The van der Waals surface area contributed by atoms with Crippen LogP contribution >= 0.6 is 0 Å². The summed E-state index contributed by atoms with van der Waals surface area (Å²) in [5.74, 6) is 0. The highest BCUT2D eigenvalue weighted by Crippen LogP contribution is 2.22. The Labute approximate surface area is 89.6 Å². The lowest BCUT2D eigenvalue weighted by Gasteiger charge is -2.08. The first-order valence-electron chi connectivity index (χ1n) is 5.09. The normalized spacial score (nSPS) is 10.5. The molecule has 3 nitrogen and oxygen atoms in total. The topological polar surface area (TPSA) is 43.8 Å². The molecule has 1 aromatic heterocycles. The number of nitrogens with two attached hydrogens (primary N) is 1. The number of rotatable bonds is 3. The smallest absolute Gasteiger partial charge is 0.0951 e. The molecule has 15 heavy (non-hydrogen) atoms. The third kappa shape index (κ3) is 1.92. The highest BCUT2D eigenvalue weighted by Gasteiger charge is 2.05. The molecule has 0 aliphatic heterocycles. The number of benzene rings is 1. The Morgan fingerprint density at radius 3 is 2.87 bits per heavy atom. The maximum Gasteiger partial charge on any atom is 0.0951 e. The lowest BCUT2D eigenvalue weighted by atomic mass is 10.1. The minimum atomic E-state index is 0.634. The lowest BCUT2D eigenvalue weighted by molar-refractivity contribution is 0.713. The first-order chi connectivity index (χ1) is 7.33. The summed E-state index contributed by atoms with van der Waals surface area (Å²) in [5.41, 5.74) is 9.18. The molecule has 0 aliphatic rings. The van der Waals surface area contributed by atoms with E-state index in [2.05, 4.69) is 28.6 Å². The van der Waals surface area contributed by atoms with Gasteiger partial charge in [-0.05, 0) is 12.5 Å². The van der Waals surface area contributed by atoms with Gasteiger partial charge in [0, 0.05) is 18.7 Å². The summed E-state index contributed by atoms with van der Waals surface area (Å²) >= 11 is 0. The molecule has 2 rings (SSSR count). The third-order valence-corrected chi connectivity index (χ3v) is 2.50. The molecule has 1 heterocycles. The van der Waals surface area contributed by atoms with Crippen molar-refractivity contribution in [1.29, 1.82) is 0 Å². The highest BCUT2D eigenvalue weighted by atomic mass is 15.0. The predicted molar refractivity (Wildman–Crippen MR) is 61.5 cm³/mol. The molecule has 1 aromatic carbocycles. The van der Waals surface area contributed by atoms with Crippen molar-refractivity contribution in [2.24, 2.45) is 5.73 Å². The quantitative estimate of drug-likeness (QED) is 0.823. The van der Waals surface area contributed by atoms with Crippen molar-refractivity contribution >= 4 is 0 Å². The van der Waals surface area contributed by atoms with Crippen LogP contribution in [0.2, 0.25) is 0 Å². The second-order valence-corrected chi connectivity index (χ2v) is 3.58. The van der Waals surface area contributed by atoms with Crippen molar-refractivity contribution in [3.8, 4) is 11.3 Å². The molecule has 0 amide bonds. The van der Waals surface area contributed by atoms with Crippen molar-refractivity contribution in [2.75, 3.05) is 6.54 Å². The number of hydrogen-bond donors (Lipinski definition) is 1.